The van der Waals surface area contributed by atoms with Crippen molar-refractivity contribution in [2.75, 3.05) is 19.7 Å². The molecule has 4 rings (SSSR count). The van der Waals surface area contributed by atoms with Gasteiger partial charge in [-0.15, -0.1) is 0 Å². The molecule has 2 aliphatic heterocycles. The Hall–Kier alpha value is -3.37. The van der Waals surface area contributed by atoms with E-state index in [0.717, 1.165) is 34.6 Å². The molecule has 34 heavy (non-hydrogen) atoms. The molecule has 2 unspecified atom stereocenters. The summed E-state index contributed by atoms with van der Waals surface area (Å²) < 4.78 is 32.9. The van der Waals surface area contributed by atoms with Crippen molar-refractivity contribution in [2.45, 2.75) is 38.2 Å². The quantitative estimate of drug-likeness (QED) is 0.664. The van der Waals surface area contributed by atoms with E-state index in [0.29, 0.717) is 25.6 Å². The summed E-state index contributed by atoms with van der Waals surface area (Å²) in [4.78, 5) is 42.0. The number of rotatable bonds is 6. The number of nitrogens with two attached hydrogens (primary N) is 1. The van der Waals surface area contributed by atoms with E-state index in [1.807, 2.05) is 24.3 Å². The van der Waals surface area contributed by atoms with Crippen LogP contribution in [0.4, 0.5) is 8.78 Å². The first-order valence-corrected chi connectivity index (χ1v) is 11.1. The second kappa shape index (κ2) is 10.3. The standard InChI is InChI=1S/C24H26F2N4O4/c25-18-10-17(11-19(26)12-18)23(32)29-6-7-30(24(33)20-5-2-8-34-20)22(29)21(31)28-14-16-4-1-3-15(9-16)13-27/h1,3-4,9-12,20,22H,2,5-8,13-14,27H2,(H,28,31). The summed E-state index contributed by atoms with van der Waals surface area (Å²) >= 11 is 0. The Morgan fingerprint density at radius 3 is 2.41 bits per heavy atom. The molecule has 0 aliphatic carbocycles. The lowest BCUT2D eigenvalue weighted by atomic mass is 10.1. The van der Waals surface area contributed by atoms with E-state index in [4.69, 9.17) is 10.5 Å². The third kappa shape index (κ3) is 5.07. The predicted octanol–water partition coefficient (Wildman–Crippen LogP) is 1.53. The van der Waals surface area contributed by atoms with E-state index in [-0.39, 0.29) is 31.1 Å². The van der Waals surface area contributed by atoms with Crippen molar-refractivity contribution in [3.05, 3.63) is 70.8 Å². The van der Waals surface area contributed by atoms with Gasteiger partial charge in [-0.2, -0.15) is 0 Å². The van der Waals surface area contributed by atoms with Gasteiger partial charge in [-0.05, 0) is 36.1 Å². The Labute approximate surface area is 195 Å². The molecule has 2 aromatic rings. The van der Waals surface area contributed by atoms with E-state index in [9.17, 15) is 23.2 Å². The molecule has 2 fully saturated rings. The molecule has 10 heteroatoms. The number of halogens is 2. The van der Waals surface area contributed by atoms with Crippen LogP contribution in [0.25, 0.3) is 0 Å². The Kier molecular flexibility index (Phi) is 7.18. The minimum absolute atomic E-state index is 0.0379. The van der Waals surface area contributed by atoms with Gasteiger partial charge in [0, 0.05) is 44.4 Å². The normalized spacial score (nSPS) is 20.0. The number of hydrogen-bond donors (Lipinski definition) is 2. The number of carbonyl (C=O) groups excluding carboxylic acids is 3. The molecule has 3 N–H and O–H groups in total. The van der Waals surface area contributed by atoms with Crippen molar-refractivity contribution in [3.63, 3.8) is 0 Å². The molecule has 2 heterocycles. The molecule has 0 spiro atoms. The van der Waals surface area contributed by atoms with Gasteiger partial charge in [-0.3, -0.25) is 14.4 Å². The first-order valence-electron chi connectivity index (χ1n) is 11.1. The molecule has 0 radical (unpaired) electrons. The van der Waals surface area contributed by atoms with E-state index in [1.54, 1.807) is 0 Å². The molecule has 2 atom stereocenters. The lowest BCUT2D eigenvalue weighted by Crippen LogP contribution is -2.55. The molecule has 3 amide bonds. The van der Waals surface area contributed by atoms with E-state index in [2.05, 4.69) is 5.32 Å². The maximum atomic E-state index is 13.7. The lowest BCUT2D eigenvalue weighted by Gasteiger charge is -2.30. The number of ether oxygens (including phenoxy) is 1. The van der Waals surface area contributed by atoms with Crippen LogP contribution in [0.2, 0.25) is 0 Å². The molecule has 180 valence electrons. The van der Waals surface area contributed by atoms with Gasteiger partial charge < -0.3 is 25.6 Å². The van der Waals surface area contributed by atoms with Crippen LogP contribution in [0.5, 0.6) is 0 Å². The zero-order chi connectivity index (χ0) is 24.2. The average molecular weight is 472 g/mol. The Morgan fingerprint density at radius 2 is 1.74 bits per heavy atom. The molecular formula is C24H26F2N4O4. The van der Waals surface area contributed by atoms with Crippen LogP contribution in [-0.2, 0) is 27.4 Å². The fraction of sp³-hybridized carbons (Fsp3) is 0.375. The summed E-state index contributed by atoms with van der Waals surface area (Å²) in [7, 11) is 0. The Bertz CT molecular complexity index is 1070. The summed E-state index contributed by atoms with van der Waals surface area (Å²) in [6.07, 6.45) is -0.700. The van der Waals surface area contributed by atoms with Gasteiger partial charge in [0.1, 0.15) is 17.7 Å². The first kappa shape index (κ1) is 23.8. The monoisotopic (exact) mass is 472 g/mol. The highest BCUT2D eigenvalue weighted by atomic mass is 19.1. The number of hydrogen-bond acceptors (Lipinski definition) is 5. The Morgan fingerprint density at radius 1 is 1.03 bits per heavy atom. The highest BCUT2D eigenvalue weighted by molar-refractivity contribution is 5.99. The molecule has 2 aliphatic rings. The van der Waals surface area contributed by atoms with Crippen LogP contribution in [0, 0.1) is 11.6 Å². The number of nitrogens with one attached hydrogen (secondary N) is 1. The summed E-state index contributed by atoms with van der Waals surface area (Å²) in [5.41, 5.74) is 7.13. The summed E-state index contributed by atoms with van der Waals surface area (Å²) in [6.45, 7) is 1.09. The molecular weight excluding hydrogens is 446 g/mol. The minimum Gasteiger partial charge on any atom is -0.368 e. The van der Waals surface area contributed by atoms with Crippen molar-refractivity contribution in [1.29, 1.82) is 0 Å². The topological polar surface area (TPSA) is 105 Å². The van der Waals surface area contributed by atoms with Crippen molar-refractivity contribution in [2.24, 2.45) is 5.73 Å². The smallest absolute Gasteiger partial charge is 0.264 e. The van der Waals surface area contributed by atoms with Crippen molar-refractivity contribution in [1.82, 2.24) is 15.1 Å². The highest BCUT2D eigenvalue weighted by Crippen LogP contribution is 2.24. The molecule has 2 aromatic carbocycles. The van der Waals surface area contributed by atoms with Crippen LogP contribution >= 0.6 is 0 Å². The number of nitrogens with zero attached hydrogens (tertiary/aromatic N) is 2. The summed E-state index contributed by atoms with van der Waals surface area (Å²) in [5, 5.41) is 2.77. The first-order chi connectivity index (χ1) is 16.4. The molecule has 0 saturated carbocycles. The maximum absolute atomic E-state index is 13.7. The minimum atomic E-state index is -1.27. The number of benzene rings is 2. The van der Waals surface area contributed by atoms with E-state index < -0.39 is 35.7 Å². The van der Waals surface area contributed by atoms with Crippen LogP contribution in [-0.4, -0.2) is 59.5 Å². The largest absolute Gasteiger partial charge is 0.368 e. The third-order valence-corrected chi connectivity index (χ3v) is 5.96. The molecule has 0 bridgehead atoms. The fourth-order valence-electron chi connectivity index (χ4n) is 4.30. The third-order valence-electron chi connectivity index (χ3n) is 5.96. The van der Waals surface area contributed by atoms with Crippen molar-refractivity contribution >= 4 is 17.7 Å². The van der Waals surface area contributed by atoms with Gasteiger partial charge in [0.25, 0.3) is 17.7 Å². The molecule has 0 aromatic heterocycles. The van der Waals surface area contributed by atoms with Gasteiger partial charge in [-0.1, -0.05) is 24.3 Å². The SMILES string of the molecule is NCc1cccc(CNC(=O)C2N(C(=O)c3cc(F)cc(F)c3)CCN2C(=O)C2CCCO2)c1. The molecule has 8 nitrogen and oxygen atoms in total. The van der Waals surface area contributed by atoms with Crippen molar-refractivity contribution < 1.29 is 27.9 Å². The average Bonchev–Trinajstić information content (AvgIpc) is 3.52. The van der Waals surface area contributed by atoms with Gasteiger partial charge in [0.15, 0.2) is 6.17 Å². The lowest BCUT2D eigenvalue weighted by molar-refractivity contribution is -0.148. The van der Waals surface area contributed by atoms with Gasteiger partial charge in [0.2, 0.25) is 0 Å². The van der Waals surface area contributed by atoms with Crippen LogP contribution < -0.4 is 11.1 Å². The predicted molar refractivity (Wildman–Crippen MR) is 118 cm³/mol. The number of carbonyl (C=O) groups is 3. The van der Waals surface area contributed by atoms with Crippen molar-refractivity contribution in [3.8, 4) is 0 Å². The number of amides is 3. The van der Waals surface area contributed by atoms with E-state index >= 15 is 0 Å². The fourth-order valence-corrected chi connectivity index (χ4v) is 4.30. The Balaban J connectivity index is 1.57. The van der Waals surface area contributed by atoms with E-state index in [1.165, 1.54) is 4.90 Å². The van der Waals surface area contributed by atoms with Gasteiger partial charge >= 0.3 is 0 Å². The van der Waals surface area contributed by atoms with Gasteiger partial charge in [-0.25, -0.2) is 8.78 Å². The van der Waals surface area contributed by atoms with Crippen LogP contribution in [0.15, 0.2) is 42.5 Å². The molecule has 2 saturated heterocycles. The summed E-state index contributed by atoms with van der Waals surface area (Å²) in [6, 6.07) is 9.83. The van der Waals surface area contributed by atoms with Crippen LogP contribution in [0.3, 0.4) is 0 Å². The second-order valence-corrected chi connectivity index (χ2v) is 8.31. The van der Waals surface area contributed by atoms with Gasteiger partial charge in [0.05, 0.1) is 0 Å². The highest BCUT2D eigenvalue weighted by Gasteiger charge is 2.45. The zero-order valence-electron chi connectivity index (χ0n) is 18.5. The second-order valence-electron chi connectivity index (χ2n) is 8.31. The maximum Gasteiger partial charge on any atom is 0.264 e. The van der Waals surface area contributed by atoms with Crippen LogP contribution in [0.1, 0.15) is 34.3 Å². The zero-order valence-corrected chi connectivity index (χ0v) is 18.5. The summed E-state index contributed by atoms with van der Waals surface area (Å²) in [5.74, 6) is -3.52.